The van der Waals surface area contributed by atoms with Crippen molar-refractivity contribution in [2.24, 2.45) is 11.8 Å². The third-order valence-corrected chi connectivity index (χ3v) is 4.50. The van der Waals surface area contributed by atoms with Crippen LogP contribution in [0.4, 0.5) is 0 Å². The van der Waals surface area contributed by atoms with Crippen molar-refractivity contribution in [1.82, 2.24) is 4.90 Å². The molecule has 0 aliphatic heterocycles. The Morgan fingerprint density at radius 2 is 1.48 bits per heavy atom. The Morgan fingerprint density at radius 3 is 1.87 bits per heavy atom. The molecular weight excluding hydrogens is 290 g/mol. The molecule has 130 valence electrons. The lowest BCUT2D eigenvalue weighted by atomic mass is 9.85. The van der Waals surface area contributed by atoms with Crippen molar-refractivity contribution in [3.05, 3.63) is 29.8 Å². The first-order chi connectivity index (χ1) is 10.7. The molecule has 23 heavy (non-hydrogen) atoms. The molecule has 0 heterocycles. The molecule has 1 rings (SSSR count). The fourth-order valence-electron chi connectivity index (χ4n) is 2.94. The van der Waals surface area contributed by atoms with Crippen LogP contribution < -0.4 is 4.74 Å². The van der Waals surface area contributed by atoms with Gasteiger partial charge in [-0.25, -0.2) is 0 Å². The van der Waals surface area contributed by atoms with Crippen molar-refractivity contribution >= 4 is 5.91 Å². The lowest BCUT2D eigenvalue weighted by molar-refractivity contribution is -0.141. The van der Waals surface area contributed by atoms with Crippen LogP contribution >= 0.6 is 0 Å². The Morgan fingerprint density at radius 1 is 1.00 bits per heavy atom. The third kappa shape index (κ3) is 4.71. The molecule has 1 aromatic rings. The number of carbonyl (C=O) groups excluding carboxylic acids is 1. The molecule has 1 aromatic carbocycles. The minimum atomic E-state index is -0.680. The number of ether oxygens (including phenoxy) is 1. The SMILES string of the molecule is COc1ccc([C@H](O)[C@H](C)[C@@H](C)C(=O)N(C(C)C)C(C)C)cc1. The van der Waals surface area contributed by atoms with Gasteiger partial charge in [0.05, 0.1) is 13.2 Å². The van der Waals surface area contributed by atoms with Gasteiger partial charge in [-0.05, 0) is 51.3 Å². The highest BCUT2D eigenvalue weighted by molar-refractivity contribution is 5.79. The zero-order valence-electron chi connectivity index (χ0n) is 15.4. The van der Waals surface area contributed by atoms with E-state index in [1.165, 1.54) is 0 Å². The molecule has 1 N–H and O–H groups in total. The van der Waals surface area contributed by atoms with Crippen molar-refractivity contribution in [2.45, 2.75) is 59.7 Å². The van der Waals surface area contributed by atoms with E-state index in [0.29, 0.717) is 0 Å². The zero-order chi connectivity index (χ0) is 17.7. The number of methoxy groups -OCH3 is 1. The van der Waals surface area contributed by atoms with Crippen LogP contribution in [-0.2, 0) is 4.79 Å². The van der Waals surface area contributed by atoms with Gasteiger partial charge in [-0.15, -0.1) is 0 Å². The summed E-state index contributed by atoms with van der Waals surface area (Å²) in [4.78, 5) is 14.7. The Bertz CT molecular complexity index is 488. The number of amides is 1. The average Bonchev–Trinajstić information content (AvgIpc) is 2.52. The molecule has 0 radical (unpaired) electrons. The average molecular weight is 321 g/mol. The molecule has 0 aliphatic rings. The number of rotatable bonds is 7. The number of carbonyl (C=O) groups is 1. The number of hydrogen-bond acceptors (Lipinski definition) is 3. The monoisotopic (exact) mass is 321 g/mol. The smallest absolute Gasteiger partial charge is 0.226 e. The fourth-order valence-corrected chi connectivity index (χ4v) is 2.94. The Labute approximate surface area is 140 Å². The maximum Gasteiger partial charge on any atom is 0.226 e. The number of aliphatic hydroxyl groups excluding tert-OH is 1. The van der Waals surface area contributed by atoms with E-state index < -0.39 is 6.10 Å². The second-order valence-electron chi connectivity index (χ2n) is 6.80. The lowest BCUT2D eigenvalue weighted by Crippen LogP contribution is -2.46. The number of nitrogens with zero attached hydrogens (tertiary/aromatic N) is 1. The van der Waals surface area contributed by atoms with E-state index in [9.17, 15) is 9.90 Å². The van der Waals surface area contributed by atoms with Gasteiger partial charge in [-0.1, -0.05) is 26.0 Å². The summed E-state index contributed by atoms with van der Waals surface area (Å²) in [5, 5.41) is 10.6. The van der Waals surface area contributed by atoms with Crippen LogP contribution in [0, 0.1) is 11.8 Å². The summed E-state index contributed by atoms with van der Waals surface area (Å²) in [6.07, 6.45) is -0.680. The molecular formula is C19H31NO3. The Hall–Kier alpha value is -1.55. The van der Waals surface area contributed by atoms with Crippen molar-refractivity contribution in [2.75, 3.05) is 7.11 Å². The number of aliphatic hydroxyl groups is 1. The molecule has 0 unspecified atom stereocenters. The van der Waals surface area contributed by atoms with Crippen LogP contribution in [0.3, 0.4) is 0 Å². The van der Waals surface area contributed by atoms with E-state index in [1.807, 2.05) is 70.7 Å². The largest absolute Gasteiger partial charge is 0.497 e. The summed E-state index contributed by atoms with van der Waals surface area (Å²) in [6, 6.07) is 7.64. The molecule has 0 saturated carbocycles. The van der Waals surface area contributed by atoms with Crippen LogP contribution in [0.1, 0.15) is 53.2 Å². The molecule has 1 amide bonds. The van der Waals surface area contributed by atoms with E-state index in [2.05, 4.69) is 0 Å². The standard InChI is InChI=1S/C19H31NO3/c1-12(2)20(13(3)4)19(22)15(6)14(5)18(21)16-8-10-17(23-7)11-9-16/h8-15,18,21H,1-7H3/t14-,15-,18-/m1/s1. The van der Waals surface area contributed by atoms with E-state index in [1.54, 1.807) is 7.11 Å². The summed E-state index contributed by atoms with van der Waals surface area (Å²) in [7, 11) is 1.61. The second-order valence-corrected chi connectivity index (χ2v) is 6.80. The molecule has 3 atom stereocenters. The molecule has 0 aromatic heterocycles. The van der Waals surface area contributed by atoms with Crippen LogP contribution in [0.5, 0.6) is 5.75 Å². The molecule has 0 bridgehead atoms. The highest BCUT2D eigenvalue weighted by atomic mass is 16.5. The minimum absolute atomic E-state index is 0.0926. The first-order valence-corrected chi connectivity index (χ1v) is 8.34. The van der Waals surface area contributed by atoms with Gasteiger partial charge < -0.3 is 14.7 Å². The normalized spacial score (nSPS) is 15.4. The lowest BCUT2D eigenvalue weighted by Gasteiger charge is -2.35. The van der Waals surface area contributed by atoms with E-state index in [0.717, 1.165) is 11.3 Å². The van der Waals surface area contributed by atoms with Crippen molar-refractivity contribution < 1.29 is 14.6 Å². The van der Waals surface area contributed by atoms with Gasteiger partial charge in [-0.2, -0.15) is 0 Å². The van der Waals surface area contributed by atoms with E-state index >= 15 is 0 Å². The van der Waals surface area contributed by atoms with Crippen molar-refractivity contribution in [3.8, 4) is 5.75 Å². The second kappa shape index (κ2) is 8.34. The quantitative estimate of drug-likeness (QED) is 0.834. The molecule has 0 saturated heterocycles. The highest BCUT2D eigenvalue weighted by Gasteiger charge is 2.32. The van der Waals surface area contributed by atoms with Crippen molar-refractivity contribution in [3.63, 3.8) is 0 Å². The van der Waals surface area contributed by atoms with Crippen LogP contribution in [0.2, 0.25) is 0 Å². The maximum atomic E-state index is 12.8. The summed E-state index contributed by atoms with van der Waals surface area (Å²) in [5.41, 5.74) is 0.804. The van der Waals surface area contributed by atoms with Gasteiger partial charge in [0, 0.05) is 18.0 Å². The summed E-state index contributed by atoms with van der Waals surface area (Å²) in [5.74, 6) is 0.423. The Balaban J connectivity index is 2.88. The fraction of sp³-hybridized carbons (Fsp3) is 0.632. The van der Waals surface area contributed by atoms with Gasteiger partial charge >= 0.3 is 0 Å². The molecule has 0 spiro atoms. The number of benzene rings is 1. The molecule has 4 nitrogen and oxygen atoms in total. The van der Waals surface area contributed by atoms with Gasteiger partial charge in [0.1, 0.15) is 5.75 Å². The van der Waals surface area contributed by atoms with Gasteiger partial charge in [0.15, 0.2) is 0 Å². The number of hydrogen-bond donors (Lipinski definition) is 1. The van der Waals surface area contributed by atoms with Crippen LogP contribution in [0.15, 0.2) is 24.3 Å². The van der Waals surface area contributed by atoms with Crippen LogP contribution in [0.25, 0.3) is 0 Å². The molecule has 0 fully saturated rings. The predicted molar refractivity (Wildman–Crippen MR) is 93.4 cm³/mol. The first-order valence-electron chi connectivity index (χ1n) is 8.34. The zero-order valence-corrected chi connectivity index (χ0v) is 15.4. The first kappa shape index (κ1) is 19.5. The Kier molecular flexibility index (Phi) is 7.07. The van der Waals surface area contributed by atoms with E-state index in [-0.39, 0.29) is 29.8 Å². The maximum absolute atomic E-state index is 12.8. The predicted octanol–water partition coefficient (Wildman–Crippen LogP) is 3.65. The van der Waals surface area contributed by atoms with Crippen molar-refractivity contribution in [1.29, 1.82) is 0 Å². The van der Waals surface area contributed by atoms with Gasteiger partial charge in [0.2, 0.25) is 5.91 Å². The third-order valence-electron chi connectivity index (χ3n) is 4.50. The summed E-state index contributed by atoms with van der Waals surface area (Å²) >= 11 is 0. The summed E-state index contributed by atoms with van der Waals surface area (Å²) in [6.45, 7) is 11.9. The minimum Gasteiger partial charge on any atom is -0.497 e. The van der Waals surface area contributed by atoms with Gasteiger partial charge in [-0.3, -0.25) is 4.79 Å². The molecule has 0 aliphatic carbocycles. The van der Waals surface area contributed by atoms with Gasteiger partial charge in [0.25, 0.3) is 0 Å². The van der Waals surface area contributed by atoms with E-state index in [4.69, 9.17) is 4.74 Å². The summed E-state index contributed by atoms with van der Waals surface area (Å²) < 4.78 is 5.14. The van der Waals surface area contributed by atoms with Crippen LogP contribution in [-0.4, -0.2) is 35.1 Å². The highest BCUT2D eigenvalue weighted by Crippen LogP contribution is 2.30. The molecule has 4 heteroatoms. The topological polar surface area (TPSA) is 49.8 Å².